The summed E-state index contributed by atoms with van der Waals surface area (Å²) in [4.78, 5) is 8.82. The second kappa shape index (κ2) is 12.9. The average molecular weight is 582 g/mol. The molecular weight excluding hydrogens is 551 g/mol. The molecular formula is C30H31Cl3N6. The first-order valence-corrected chi connectivity index (χ1v) is 12.5. The minimum atomic E-state index is 0. The van der Waals surface area contributed by atoms with E-state index in [1.807, 2.05) is 72.8 Å². The Balaban J connectivity index is 0.000000205. The van der Waals surface area contributed by atoms with Crippen molar-refractivity contribution in [2.45, 2.75) is 11.8 Å². The van der Waals surface area contributed by atoms with E-state index in [0.29, 0.717) is 29.8 Å². The molecule has 39 heavy (non-hydrogen) atoms. The van der Waals surface area contributed by atoms with Crippen LogP contribution in [0.25, 0.3) is 0 Å². The van der Waals surface area contributed by atoms with Gasteiger partial charge in [-0.2, -0.15) is 0 Å². The van der Waals surface area contributed by atoms with Crippen LogP contribution in [0.2, 0.25) is 5.02 Å². The van der Waals surface area contributed by atoms with E-state index in [1.165, 1.54) is 16.7 Å². The maximum absolute atomic E-state index is 6.10. The van der Waals surface area contributed by atoms with E-state index in [1.54, 1.807) is 0 Å². The lowest BCUT2D eigenvalue weighted by molar-refractivity contribution is 0.801. The highest BCUT2D eigenvalue weighted by molar-refractivity contribution is 6.30. The molecule has 4 aromatic carbocycles. The van der Waals surface area contributed by atoms with E-state index in [9.17, 15) is 0 Å². The van der Waals surface area contributed by atoms with Gasteiger partial charge >= 0.3 is 0 Å². The zero-order valence-electron chi connectivity index (χ0n) is 21.1. The number of amidine groups is 2. The van der Waals surface area contributed by atoms with Crippen LogP contribution in [0.3, 0.4) is 0 Å². The van der Waals surface area contributed by atoms with E-state index >= 15 is 0 Å². The molecule has 6 nitrogen and oxygen atoms in total. The number of rotatable bonds is 2. The molecule has 0 saturated heterocycles. The molecule has 0 spiro atoms. The van der Waals surface area contributed by atoms with Crippen molar-refractivity contribution < 1.29 is 0 Å². The van der Waals surface area contributed by atoms with Crippen LogP contribution in [0.15, 0.2) is 101 Å². The number of halogens is 3. The molecule has 9 heteroatoms. The number of aliphatic imine (C=N–C) groups is 2. The van der Waals surface area contributed by atoms with Crippen LogP contribution in [0.1, 0.15) is 45.2 Å². The Morgan fingerprint density at radius 1 is 0.564 bits per heavy atom. The van der Waals surface area contributed by atoms with Crippen molar-refractivity contribution in [1.82, 2.24) is 0 Å². The first-order valence-electron chi connectivity index (χ1n) is 12.1. The normalized spacial score (nSPS) is 16.9. The summed E-state index contributed by atoms with van der Waals surface area (Å²) < 4.78 is 0. The summed E-state index contributed by atoms with van der Waals surface area (Å²) in [5.41, 5.74) is 31.7. The lowest BCUT2D eigenvalue weighted by Gasteiger charge is -2.24. The molecule has 0 fully saturated rings. The smallest absolute Gasteiger partial charge is 0.125 e. The Bertz CT molecular complexity index is 1480. The van der Waals surface area contributed by atoms with Gasteiger partial charge in [0.05, 0.1) is 13.1 Å². The Kier molecular flexibility index (Phi) is 9.86. The van der Waals surface area contributed by atoms with Gasteiger partial charge in [0.2, 0.25) is 0 Å². The van der Waals surface area contributed by atoms with Crippen LogP contribution >= 0.6 is 36.4 Å². The fourth-order valence-electron chi connectivity index (χ4n) is 4.86. The lowest BCUT2D eigenvalue weighted by Crippen LogP contribution is -2.24. The Morgan fingerprint density at radius 3 is 1.56 bits per heavy atom. The fraction of sp³-hybridized carbons (Fsp3) is 0.133. The van der Waals surface area contributed by atoms with Gasteiger partial charge in [-0.1, -0.05) is 60.1 Å². The van der Waals surface area contributed by atoms with Gasteiger partial charge in [0.15, 0.2) is 0 Å². The van der Waals surface area contributed by atoms with E-state index in [0.717, 1.165) is 28.1 Å². The number of hydrogen-bond acceptors (Lipinski definition) is 6. The largest absolute Gasteiger partial charge is 0.399 e. The fourth-order valence-corrected chi connectivity index (χ4v) is 5.04. The van der Waals surface area contributed by atoms with Gasteiger partial charge in [-0.15, -0.1) is 24.8 Å². The van der Waals surface area contributed by atoms with Crippen molar-refractivity contribution in [3.05, 3.63) is 129 Å². The maximum Gasteiger partial charge on any atom is 0.125 e. The predicted octanol–water partition coefficient (Wildman–Crippen LogP) is 5.74. The number of anilines is 2. The van der Waals surface area contributed by atoms with Crippen molar-refractivity contribution in [2.75, 3.05) is 24.6 Å². The molecule has 202 valence electrons. The second-order valence-electron chi connectivity index (χ2n) is 9.21. The summed E-state index contributed by atoms with van der Waals surface area (Å²) in [5, 5.41) is 0.717. The first kappa shape index (κ1) is 29.8. The van der Waals surface area contributed by atoms with Crippen LogP contribution in [-0.4, -0.2) is 24.8 Å². The molecule has 6 rings (SSSR count). The van der Waals surface area contributed by atoms with Crippen molar-refractivity contribution in [1.29, 1.82) is 0 Å². The monoisotopic (exact) mass is 580 g/mol. The van der Waals surface area contributed by atoms with E-state index < -0.39 is 0 Å². The summed E-state index contributed by atoms with van der Waals surface area (Å²) in [6.45, 7) is 1.34. The van der Waals surface area contributed by atoms with Crippen molar-refractivity contribution >= 4 is 59.5 Å². The van der Waals surface area contributed by atoms with Gasteiger partial charge in [0.1, 0.15) is 11.7 Å². The van der Waals surface area contributed by atoms with E-state index in [-0.39, 0.29) is 36.6 Å². The summed E-state index contributed by atoms with van der Waals surface area (Å²) in [6, 6.07) is 29.8. The molecule has 0 saturated carbocycles. The molecule has 0 amide bonds. The highest BCUT2D eigenvalue weighted by Crippen LogP contribution is 2.33. The summed E-state index contributed by atoms with van der Waals surface area (Å²) in [7, 11) is 0. The third-order valence-corrected chi connectivity index (χ3v) is 7.08. The van der Waals surface area contributed by atoms with Gasteiger partial charge in [0.25, 0.3) is 0 Å². The topological polar surface area (TPSA) is 129 Å². The molecule has 2 aliphatic rings. The Labute approximate surface area is 246 Å². The van der Waals surface area contributed by atoms with Crippen LogP contribution in [0.5, 0.6) is 0 Å². The highest BCUT2D eigenvalue weighted by atomic mass is 35.5. The van der Waals surface area contributed by atoms with E-state index in [2.05, 4.69) is 28.2 Å². The Hall–Kier alpha value is -3.71. The molecule has 0 radical (unpaired) electrons. The lowest BCUT2D eigenvalue weighted by atomic mass is 9.86. The quantitative estimate of drug-likeness (QED) is 0.225. The number of fused-ring (bicyclic) bond motifs is 2. The summed E-state index contributed by atoms with van der Waals surface area (Å²) >= 11 is 6.10. The Morgan fingerprint density at radius 2 is 1.03 bits per heavy atom. The number of benzene rings is 4. The van der Waals surface area contributed by atoms with Gasteiger partial charge in [-0.3, -0.25) is 9.98 Å². The molecule has 8 N–H and O–H groups in total. The zero-order valence-corrected chi connectivity index (χ0v) is 23.5. The SMILES string of the molecule is Cl.Cl.NC1=NCC(c2ccc(N)cc2)c2cc(Cl)ccc21.NC1=NCC(c2ccc(N)cc2)c2ccccc21. The second-order valence-corrected chi connectivity index (χ2v) is 9.65. The number of nitrogens with two attached hydrogens (primary N) is 4. The highest BCUT2D eigenvalue weighted by Gasteiger charge is 2.24. The van der Waals surface area contributed by atoms with E-state index in [4.69, 9.17) is 34.5 Å². The van der Waals surface area contributed by atoms with Gasteiger partial charge in [0, 0.05) is 39.4 Å². The molecule has 2 unspecified atom stereocenters. The summed E-state index contributed by atoms with van der Waals surface area (Å²) in [5.74, 6) is 1.67. The molecule has 0 bridgehead atoms. The maximum atomic E-state index is 6.10. The molecule has 0 aliphatic carbocycles. The molecule has 0 aromatic heterocycles. The average Bonchev–Trinajstić information content (AvgIpc) is 2.91. The van der Waals surface area contributed by atoms with Crippen LogP contribution in [-0.2, 0) is 0 Å². The van der Waals surface area contributed by atoms with Gasteiger partial charge < -0.3 is 22.9 Å². The third-order valence-electron chi connectivity index (χ3n) is 6.84. The number of hydrogen-bond donors (Lipinski definition) is 4. The molecule has 2 atom stereocenters. The molecule has 2 aliphatic heterocycles. The number of nitrogen functional groups attached to an aromatic ring is 2. The van der Waals surface area contributed by atoms with Gasteiger partial charge in [-0.05, 0) is 64.7 Å². The standard InChI is InChI=1S/C15H14ClN3.C15H15N3.2ClH/c16-10-3-6-12-13(7-10)14(8-19-15(12)18)9-1-4-11(17)5-2-9;16-11-7-5-10(6-8-11)14-9-18-15(17)13-4-2-1-3-12(13)14;;/h1-7,14H,8,17H2,(H2,18,19);1-8,14H,9,16H2,(H2,17,18);2*1H. The minimum Gasteiger partial charge on any atom is -0.399 e. The van der Waals surface area contributed by atoms with Crippen molar-refractivity contribution in [3.8, 4) is 0 Å². The third kappa shape index (κ3) is 6.48. The molecule has 4 aromatic rings. The van der Waals surface area contributed by atoms with Crippen molar-refractivity contribution in [3.63, 3.8) is 0 Å². The molecule has 2 heterocycles. The van der Waals surface area contributed by atoms with Crippen LogP contribution in [0, 0.1) is 0 Å². The first-order chi connectivity index (χ1) is 17.9. The zero-order chi connectivity index (χ0) is 25.9. The number of nitrogens with zero attached hydrogens (tertiary/aromatic N) is 2. The van der Waals surface area contributed by atoms with Gasteiger partial charge in [-0.25, -0.2) is 0 Å². The predicted molar refractivity (Wildman–Crippen MR) is 169 cm³/mol. The van der Waals surface area contributed by atoms with Crippen LogP contribution < -0.4 is 22.9 Å². The van der Waals surface area contributed by atoms with Crippen LogP contribution in [0.4, 0.5) is 11.4 Å². The summed E-state index contributed by atoms with van der Waals surface area (Å²) in [6.07, 6.45) is 0. The van der Waals surface area contributed by atoms with Crippen molar-refractivity contribution in [2.24, 2.45) is 21.5 Å². The minimum absolute atomic E-state index is 0.